The lowest BCUT2D eigenvalue weighted by atomic mass is 10.0. The van der Waals surface area contributed by atoms with Gasteiger partial charge in [-0.2, -0.15) is 5.10 Å². The summed E-state index contributed by atoms with van der Waals surface area (Å²) < 4.78 is 1.88. The summed E-state index contributed by atoms with van der Waals surface area (Å²) in [7, 11) is 1.95. The summed E-state index contributed by atoms with van der Waals surface area (Å²) in [5.74, 6) is 0. The lowest BCUT2D eigenvalue weighted by Gasteiger charge is -2.08. The maximum Gasteiger partial charge on any atom is 0.0571 e. The van der Waals surface area contributed by atoms with Gasteiger partial charge in [0.05, 0.1) is 6.20 Å². The maximum absolute atomic E-state index is 6.38. The van der Waals surface area contributed by atoms with Crippen LogP contribution in [-0.2, 0) is 13.6 Å². The molecule has 1 aromatic heterocycles. The van der Waals surface area contributed by atoms with Crippen molar-refractivity contribution in [1.29, 1.82) is 0 Å². The van der Waals surface area contributed by atoms with E-state index in [1.807, 2.05) is 24.0 Å². The van der Waals surface area contributed by atoms with Gasteiger partial charge in [-0.25, -0.2) is 0 Å². The highest BCUT2D eigenvalue weighted by molar-refractivity contribution is 6.31. The van der Waals surface area contributed by atoms with Crippen LogP contribution in [0.3, 0.4) is 0 Å². The van der Waals surface area contributed by atoms with Gasteiger partial charge >= 0.3 is 0 Å². The lowest BCUT2D eigenvalue weighted by Crippen LogP contribution is -2.15. The second-order valence-corrected chi connectivity index (χ2v) is 5.64. The molecular formula is C15H18ClN3. The predicted molar refractivity (Wildman–Crippen MR) is 78.3 cm³/mol. The number of hydrogen-bond donors (Lipinski definition) is 1. The van der Waals surface area contributed by atoms with Gasteiger partial charge in [-0.1, -0.05) is 23.7 Å². The van der Waals surface area contributed by atoms with Crippen molar-refractivity contribution in [2.75, 3.05) is 0 Å². The molecule has 4 heteroatoms. The van der Waals surface area contributed by atoms with Crippen LogP contribution in [0.25, 0.3) is 11.1 Å². The van der Waals surface area contributed by atoms with Crippen molar-refractivity contribution in [3.8, 4) is 11.1 Å². The maximum atomic E-state index is 6.38. The third kappa shape index (κ3) is 2.67. The lowest BCUT2D eigenvalue weighted by molar-refractivity contribution is 0.688. The monoisotopic (exact) mass is 275 g/mol. The highest BCUT2D eigenvalue weighted by Gasteiger charge is 2.20. The van der Waals surface area contributed by atoms with Gasteiger partial charge in [-0.3, -0.25) is 4.68 Å². The van der Waals surface area contributed by atoms with Crippen molar-refractivity contribution in [3.63, 3.8) is 0 Å². The molecule has 100 valence electrons. The van der Waals surface area contributed by atoms with Crippen molar-refractivity contribution in [3.05, 3.63) is 40.7 Å². The molecule has 19 heavy (non-hydrogen) atoms. The number of nitrogens with one attached hydrogen (secondary N) is 1. The van der Waals surface area contributed by atoms with Gasteiger partial charge in [0, 0.05) is 35.9 Å². The van der Waals surface area contributed by atoms with E-state index >= 15 is 0 Å². The van der Waals surface area contributed by atoms with E-state index in [1.165, 1.54) is 18.4 Å². The molecule has 1 N–H and O–H groups in total. The molecule has 3 nitrogen and oxygen atoms in total. The number of benzene rings is 1. The Morgan fingerprint density at radius 2 is 2.21 bits per heavy atom. The second-order valence-electron chi connectivity index (χ2n) is 5.23. The van der Waals surface area contributed by atoms with E-state index in [4.69, 9.17) is 11.6 Å². The van der Waals surface area contributed by atoms with Crippen LogP contribution in [0, 0.1) is 6.92 Å². The van der Waals surface area contributed by atoms with Gasteiger partial charge in [0.25, 0.3) is 0 Å². The van der Waals surface area contributed by atoms with E-state index < -0.39 is 0 Å². The zero-order chi connectivity index (χ0) is 13.4. The molecule has 0 amide bonds. The van der Waals surface area contributed by atoms with Crippen LogP contribution in [0.1, 0.15) is 24.1 Å². The summed E-state index contributed by atoms with van der Waals surface area (Å²) in [4.78, 5) is 0. The van der Waals surface area contributed by atoms with E-state index in [1.54, 1.807) is 0 Å². The standard InChI is InChI=1S/C15H18ClN3/c1-10-14(9-18-19(10)2)11-3-4-12(15(16)7-11)8-17-13-5-6-13/h3-4,7,9,13,17H,5-6,8H2,1-2H3. The SMILES string of the molecule is Cc1c(-c2ccc(CNC3CC3)c(Cl)c2)cnn1C. The molecular weight excluding hydrogens is 258 g/mol. The van der Waals surface area contributed by atoms with Gasteiger partial charge in [0.2, 0.25) is 0 Å². The molecule has 1 fully saturated rings. The molecule has 1 aliphatic carbocycles. The van der Waals surface area contributed by atoms with E-state index in [9.17, 15) is 0 Å². The Balaban J connectivity index is 1.83. The predicted octanol–water partition coefficient (Wildman–Crippen LogP) is 3.30. The first-order valence-corrected chi connectivity index (χ1v) is 7.03. The first-order chi connectivity index (χ1) is 9.15. The Morgan fingerprint density at radius 1 is 1.42 bits per heavy atom. The Hall–Kier alpha value is -1.32. The largest absolute Gasteiger partial charge is 0.310 e. The molecule has 0 unspecified atom stereocenters. The topological polar surface area (TPSA) is 29.9 Å². The van der Waals surface area contributed by atoms with Crippen molar-refractivity contribution in [2.45, 2.75) is 32.4 Å². The average Bonchev–Trinajstić information content (AvgIpc) is 3.16. The third-order valence-electron chi connectivity index (χ3n) is 3.76. The number of aryl methyl sites for hydroxylation is 1. The summed E-state index contributed by atoms with van der Waals surface area (Å²) >= 11 is 6.38. The smallest absolute Gasteiger partial charge is 0.0571 e. The second kappa shape index (κ2) is 4.99. The molecule has 1 heterocycles. The summed E-state index contributed by atoms with van der Waals surface area (Å²) in [5.41, 5.74) is 4.59. The highest BCUT2D eigenvalue weighted by atomic mass is 35.5. The molecule has 0 spiro atoms. The number of aromatic nitrogens is 2. The molecule has 0 atom stereocenters. The van der Waals surface area contributed by atoms with Gasteiger partial charge in [-0.15, -0.1) is 0 Å². The third-order valence-corrected chi connectivity index (χ3v) is 4.11. The van der Waals surface area contributed by atoms with E-state index in [0.717, 1.165) is 28.4 Å². The molecule has 3 rings (SSSR count). The van der Waals surface area contributed by atoms with Gasteiger partial charge < -0.3 is 5.32 Å². The van der Waals surface area contributed by atoms with E-state index in [0.29, 0.717) is 6.04 Å². The summed E-state index contributed by atoms with van der Waals surface area (Å²) in [6, 6.07) is 6.98. The Labute approximate surface area is 118 Å². The fourth-order valence-corrected chi connectivity index (χ4v) is 2.43. The fraction of sp³-hybridized carbons (Fsp3) is 0.400. The van der Waals surface area contributed by atoms with Gasteiger partial charge in [-0.05, 0) is 37.0 Å². The van der Waals surface area contributed by atoms with Crippen molar-refractivity contribution >= 4 is 11.6 Å². The summed E-state index contributed by atoms with van der Waals surface area (Å²) in [6.45, 7) is 2.93. The van der Waals surface area contributed by atoms with Crippen LogP contribution in [0.15, 0.2) is 24.4 Å². The number of rotatable bonds is 4. The number of halogens is 1. The minimum atomic E-state index is 0.705. The molecule has 0 aliphatic heterocycles. The van der Waals surface area contributed by atoms with Crippen LogP contribution in [-0.4, -0.2) is 15.8 Å². The van der Waals surface area contributed by atoms with Crippen LogP contribution in [0.5, 0.6) is 0 Å². The van der Waals surface area contributed by atoms with Crippen molar-refractivity contribution in [1.82, 2.24) is 15.1 Å². The summed E-state index contributed by atoms with van der Waals surface area (Å²) in [5, 5.41) is 8.59. The molecule has 1 aliphatic rings. The van der Waals surface area contributed by atoms with Crippen LogP contribution in [0.2, 0.25) is 5.02 Å². The van der Waals surface area contributed by atoms with Crippen LogP contribution >= 0.6 is 11.6 Å². The van der Waals surface area contributed by atoms with Crippen molar-refractivity contribution < 1.29 is 0 Å². The quantitative estimate of drug-likeness (QED) is 0.928. The first-order valence-electron chi connectivity index (χ1n) is 6.66. The summed E-state index contributed by atoms with van der Waals surface area (Å²) in [6.07, 6.45) is 4.48. The first kappa shape index (κ1) is 12.7. The number of hydrogen-bond acceptors (Lipinski definition) is 2. The van der Waals surface area contributed by atoms with Crippen LogP contribution < -0.4 is 5.32 Å². The molecule has 0 saturated heterocycles. The molecule has 2 aromatic rings. The van der Waals surface area contributed by atoms with Crippen LogP contribution in [0.4, 0.5) is 0 Å². The molecule has 1 saturated carbocycles. The number of nitrogens with zero attached hydrogens (tertiary/aromatic N) is 2. The zero-order valence-electron chi connectivity index (χ0n) is 11.3. The molecule has 0 bridgehead atoms. The van der Waals surface area contributed by atoms with E-state index in [-0.39, 0.29) is 0 Å². The fourth-order valence-electron chi connectivity index (χ4n) is 2.18. The highest BCUT2D eigenvalue weighted by Crippen LogP contribution is 2.28. The Kier molecular flexibility index (Phi) is 3.33. The van der Waals surface area contributed by atoms with Gasteiger partial charge in [0.15, 0.2) is 0 Å². The van der Waals surface area contributed by atoms with E-state index in [2.05, 4.69) is 29.5 Å². The van der Waals surface area contributed by atoms with Gasteiger partial charge in [0.1, 0.15) is 0 Å². The normalized spacial score (nSPS) is 14.9. The Bertz CT molecular complexity index is 599. The van der Waals surface area contributed by atoms with Crippen molar-refractivity contribution in [2.24, 2.45) is 7.05 Å². The Morgan fingerprint density at radius 3 is 2.79 bits per heavy atom. The molecule has 0 radical (unpaired) electrons. The minimum Gasteiger partial charge on any atom is -0.310 e. The zero-order valence-corrected chi connectivity index (χ0v) is 12.0. The average molecular weight is 276 g/mol. The minimum absolute atomic E-state index is 0.705. The molecule has 1 aromatic carbocycles.